The lowest BCUT2D eigenvalue weighted by molar-refractivity contribution is -0.136. The fourth-order valence-electron chi connectivity index (χ4n) is 6.37. The summed E-state index contributed by atoms with van der Waals surface area (Å²) >= 11 is 0. The van der Waals surface area contributed by atoms with Gasteiger partial charge in [0.25, 0.3) is 18.2 Å². The van der Waals surface area contributed by atoms with Gasteiger partial charge in [-0.25, -0.2) is 8.78 Å². The zero-order valence-corrected chi connectivity index (χ0v) is 25.2. The first-order valence-corrected chi connectivity index (χ1v) is 15.7. The number of anilines is 2. The van der Waals surface area contributed by atoms with Crippen molar-refractivity contribution >= 4 is 35.0 Å². The Morgan fingerprint density at radius 3 is 2.47 bits per heavy atom. The number of nitrogens with zero attached hydrogens (tertiary/aromatic N) is 3. The van der Waals surface area contributed by atoms with Crippen molar-refractivity contribution in [2.45, 2.75) is 76.3 Å². The first-order valence-electron chi connectivity index (χ1n) is 15.7. The van der Waals surface area contributed by atoms with Crippen molar-refractivity contribution in [3.8, 4) is 0 Å². The van der Waals surface area contributed by atoms with Crippen LogP contribution >= 0.6 is 0 Å². The molecule has 45 heavy (non-hydrogen) atoms. The second-order valence-corrected chi connectivity index (χ2v) is 11.9. The van der Waals surface area contributed by atoms with Crippen molar-refractivity contribution in [3.63, 3.8) is 0 Å². The topological polar surface area (TPSA) is 161 Å². The van der Waals surface area contributed by atoms with Gasteiger partial charge in [0, 0.05) is 38.1 Å². The number of carbonyl (C=O) groups excluding carboxylic acids is 4. The van der Waals surface area contributed by atoms with Crippen LogP contribution in [0.3, 0.4) is 0 Å². The molecule has 4 amide bonds. The summed E-state index contributed by atoms with van der Waals surface area (Å²) < 4.78 is 33.3. The molecule has 1 aromatic carbocycles. The third-order valence-electron chi connectivity index (χ3n) is 8.81. The summed E-state index contributed by atoms with van der Waals surface area (Å²) in [6.45, 7) is 3.49. The largest absolute Gasteiger partial charge is 0.396 e. The Balaban J connectivity index is 0.919. The molecule has 2 aliphatic heterocycles. The summed E-state index contributed by atoms with van der Waals surface area (Å²) in [5, 5.41) is 12.9. The first kappa shape index (κ1) is 32.5. The van der Waals surface area contributed by atoms with Gasteiger partial charge in [-0.2, -0.15) is 5.10 Å². The first-order chi connectivity index (χ1) is 21.7. The molecule has 244 valence electrons. The van der Waals surface area contributed by atoms with Crippen LogP contribution in [0.2, 0.25) is 0 Å². The average Bonchev–Trinajstić information content (AvgIpc) is 3.53. The van der Waals surface area contributed by atoms with Crippen LogP contribution in [0.5, 0.6) is 0 Å². The molecule has 14 heteroatoms. The summed E-state index contributed by atoms with van der Waals surface area (Å²) in [5.41, 5.74) is 6.44. The molecule has 3 heterocycles. The number of aromatic nitrogens is 2. The number of halogens is 2. The molecule has 5 N–H and O–H groups in total. The molecular weight excluding hydrogens is 588 g/mol. The number of nitrogens with two attached hydrogens (primary N) is 1. The van der Waals surface area contributed by atoms with E-state index >= 15 is 0 Å². The summed E-state index contributed by atoms with van der Waals surface area (Å²) in [5.74, 6) is -1.49. The quantitative estimate of drug-likeness (QED) is 0.171. The number of amides is 4. The Morgan fingerprint density at radius 2 is 1.76 bits per heavy atom. The second kappa shape index (κ2) is 14.9. The van der Waals surface area contributed by atoms with Crippen molar-refractivity contribution < 1.29 is 32.7 Å². The molecule has 1 unspecified atom stereocenters. The Labute approximate surface area is 260 Å². The molecule has 1 aliphatic carbocycles. The van der Waals surface area contributed by atoms with Gasteiger partial charge in [-0.15, -0.1) is 0 Å². The molecule has 0 radical (unpaired) electrons. The molecular formula is C31H41F2N7O5. The maximum Gasteiger partial charge on any atom is 0.284 e. The van der Waals surface area contributed by atoms with Crippen LogP contribution in [-0.2, 0) is 14.3 Å². The Hall–Kier alpha value is -3.91. The molecule has 12 nitrogen and oxygen atoms in total. The van der Waals surface area contributed by atoms with E-state index in [-0.39, 0.29) is 41.4 Å². The molecule has 5 rings (SSSR count). The maximum atomic E-state index is 13.2. The number of nitrogen functional groups attached to an aromatic ring is 1. The summed E-state index contributed by atoms with van der Waals surface area (Å²) in [4.78, 5) is 50.9. The number of rotatable bonds is 15. The average molecular weight is 630 g/mol. The standard InChI is InChI=1S/C31H41F2N7O5/c32-28(33)27-22(34)18-39(38-27)20-8-6-19(7-9-20)12-15-35-13-2-16-45-17-3-14-36-23-5-1-4-21-26(23)31(44)40(30(21)43)24-10-11-25(41)37-29(24)42/h1,4-5,18-20,24,28,35-36H,2-3,6-17,34H2,(H,37,41,42). The normalized spacial score (nSPS) is 21.8. The van der Waals surface area contributed by atoms with E-state index in [0.29, 0.717) is 37.8 Å². The molecule has 2 fully saturated rings. The van der Waals surface area contributed by atoms with Gasteiger partial charge in [-0.3, -0.25) is 34.1 Å². The van der Waals surface area contributed by atoms with Crippen molar-refractivity contribution in [2.75, 3.05) is 43.9 Å². The summed E-state index contributed by atoms with van der Waals surface area (Å²) in [7, 11) is 0. The highest BCUT2D eigenvalue weighted by Gasteiger charge is 2.45. The molecule has 1 saturated heterocycles. The van der Waals surface area contributed by atoms with Crippen molar-refractivity contribution in [1.82, 2.24) is 25.3 Å². The predicted molar refractivity (Wildman–Crippen MR) is 162 cm³/mol. The van der Waals surface area contributed by atoms with E-state index in [2.05, 4.69) is 21.0 Å². The molecule has 3 aliphatic rings. The van der Waals surface area contributed by atoms with Gasteiger partial charge < -0.3 is 21.1 Å². The smallest absolute Gasteiger partial charge is 0.284 e. The highest BCUT2D eigenvalue weighted by Crippen LogP contribution is 2.35. The second-order valence-electron chi connectivity index (χ2n) is 11.9. The number of ether oxygens (including phenoxy) is 1. The van der Waals surface area contributed by atoms with Gasteiger partial charge >= 0.3 is 0 Å². The van der Waals surface area contributed by atoms with Crippen LogP contribution in [0, 0.1) is 5.92 Å². The number of hydrogen-bond donors (Lipinski definition) is 4. The highest BCUT2D eigenvalue weighted by atomic mass is 19.3. The number of alkyl halides is 2. The van der Waals surface area contributed by atoms with Crippen LogP contribution in [0.15, 0.2) is 24.4 Å². The number of benzene rings is 1. The van der Waals surface area contributed by atoms with Gasteiger partial charge in [-0.1, -0.05) is 6.07 Å². The molecule has 2 aromatic rings. The number of piperidine rings is 1. The van der Waals surface area contributed by atoms with E-state index in [9.17, 15) is 28.0 Å². The summed E-state index contributed by atoms with van der Waals surface area (Å²) in [6.07, 6.45) is 5.65. The number of fused-ring (bicyclic) bond motifs is 1. The lowest BCUT2D eigenvalue weighted by Gasteiger charge is -2.28. The van der Waals surface area contributed by atoms with Crippen LogP contribution in [-0.4, -0.2) is 77.2 Å². The van der Waals surface area contributed by atoms with E-state index in [1.807, 2.05) is 0 Å². The lowest BCUT2D eigenvalue weighted by Crippen LogP contribution is -2.54. The van der Waals surface area contributed by atoms with Crippen LogP contribution in [0.4, 0.5) is 20.2 Å². The highest BCUT2D eigenvalue weighted by molar-refractivity contribution is 6.25. The van der Waals surface area contributed by atoms with Gasteiger partial charge in [0.2, 0.25) is 11.8 Å². The van der Waals surface area contributed by atoms with Crippen LogP contribution < -0.4 is 21.7 Å². The molecule has 1 aromatic heterocycles. The van der Waals surface area contributed by atoms with E-state index in [1.165, 1.54) is 6.20 Å². The minimum absolute atomic E-state index is 0.0602. The molecule has 0 bridgehead atoms. The predicted octanol–water partition coefficient (Wildman–Crippen LogP) is 3.42. The number of hydrogen-bond acceptors (Lipinski definition) is 9. The zero-order chi connectivity index (χ0) is 31.9. The van der Waals surface area contributed by atoms with Crippen LogP contribution in [0.25, 0.3) is 0 Å². The summed E-state index contributed by atoms with van der Waals surface area (Å²) in [6, 6.07) is 4.14. The molecule has 0 spiro atoms. The fraction of sp³-hybridized carbons (Fsp3) is 0.581. The maximum absolute atomic E-state index is 13.2. The Kier molecular flexibility index (Phi) is 10.8. The third-order valence-corrected chi connectivity index (χ3v) is 8.81. The van der Waals surface area contributed by atoms with Gasteiger partial charge in [0.15, 0.2) is 5.69 Å². The minimum atomic E-state index is -2.65. The Morgan fingerprint density at radius 1 is 1.00 bits per heavy atom. The van der Waals surface area contributed by atoms with Crippen molar-refractivity contribution in [2.24, 2.45) is 5.92 Å². The van der Waals surface area contributed by atoms with E-state index in [0.717, 1.165) is 56.5 Å². The minimum Gasteiger partial charge on any atom is -0.396 e. The van der Waals surface area contributed by atoms with E-state index < -0.39 is 36.1 Å². The fourth-order valence-corrected chi connectivity index (χ4v) is 6.37. The lowest BCUT2D eigenvalue weighted by atomic mass is 9.84. The zero-order valence-electron chi connectivity index (χ0n) is 25.2. The van der Waals surface area contributed by atoms with Gasteiger partial charge in [-0.05, 0) is 82.5 Å². The monoisotopic (exact) mass is 629 g/mol. The van der Waals surface area contributed by atoms with Gasteiger partial charge in [0.05, 0.1) is 22.9 Å². The van der Waals surface area contributed by atoms with Crippen LogP contribution in [0.1, 0.15) is 96.7 Å². The van der Waals surface area contributed by atoms with Crippen molar-refractivity contribution in [3.05, 3.63) is 41.2 Å². The van der Waals surface area contributed by atoms with E-state index in [4.69, 9.17) is 10.5 Å². The van der Waals surface area contributed by atoms with E-state index in [1.54, 1.807) is 22.9 Å². The molecule has 1 atom stereocenters. The number of carbonyl (C=O) groups is 4. The number of nitrogens with one attached hydrogen (secondary N) is 3. The SMILES string of the molecule is Nc1cn(C2CCC(CCNCCCOCCCNc3cccc4c3C(=O)N(C3CCC(=O)NC3=O)C4=O)CC2)nc1C(F)F. The van der Waals surface area contributed by atoms with Crippen molar-refractivity contribution in [1.29, 1.82) is 0 Å². The molecule has 1 saturated carbocycles. The third kappa shape index (κ3) is 7.67. The van der Waals surface area contributed by atoms with Gasteiger partial charge in [0.1, 0.15) is 6.04 Å². The Bertz CT molecular complexity index is 1390. The number of imide groups is 2.